The van der Waals surface area contributed by atoms with Crippen LogP contribution >= 0.6 is 11.8 Å². The minimum atomic E-state index is -0.228. The van der Waals surface area contributed by atoms with Crippen LogP contribution in [0.3, 0.4) is 0 Å². The van der Waals surface area contributed by atoms with Crippen molar-refractivity contribution in [1.82, 2.24) is 9.97 Å². The number of H-pyrrole nitrogens is 1. The molecule has 0 aliphatic carbocycles. The Morgan fingerprint density at radius 1 is 1.69 bits per heavy atom. The monoisotopic (exact) mass is 242 g/mol. The predicted molar refractivity (Wildman–Crippen MR) is 61.4 cm³/mol. The van der Waals surface area contributed by atoms with E-state index in [0.29, 0.717) is 17.5 Å². The lowest BCUT2D eigenvalue weighted by molar-refractivity contribution is -0.146. The van der Waals surface area contributed by atoms with Crippen LogP contribution in [0.4, 0.5) is 0 Å². The van der Waals surface area contributed by atoms with Gasteiger partial charge in [-0.2, -0.15) is 0 Å². The molecule has 0 fully saturated rings. The van der Waals surface area contributed by atoms with Crippen molar-refractivity contribution in [3.8, 4) is 0 Å². The lowest BCUT2D eigenvalue weighted by Gasteiger charge is -2.08. The summed E-state index contributed by atoms with van der Waals surface area (Å²) in [6.45, 7) is 3.94. The summed E-state index contributed by atoms with van der Waals surface area (Å²) >= 11 is 1.33. The molecule has 5 nitrogen and oxygen atoms in total. The fourth-order valence-corrected chi connectivity index (χ4v) is 1.83. The molecule has 1 atom stereocenters. The van der Waals surface area contributed by atoms with Gasteiger partial charge in [-0.05, 0) is 6.92 Å². The molecule has 1 heterocycles. The second kappa shape index (κ2) is 6.32. The zero-order valence-corrected chi connectivity index (χ0v) is 10.0. The average Bonchev–Trinajstić information content (AvgIpc) is 2.26. The van der Waals surface area contributed by atoms with Gasteiger partial charge in [-0.25, -0.2) is 4.98 Å². The summed E-state index contributed by atoms with van der Waals surface area (Å²) in [7, 11) is 0. The Labute approximate surface area is 97.6 Å². The molecule has 1 aromatic heterocycles. The Bertz CT molecular complexity index is 405. The molecule has 0 saturated heterocycles. The number of hydrogen-bond acceptors (Lipinski definition) is 5. The van der Waals surface area contributed by atoms with Gasteiger partial charge in [0.25, 0.3) is 5.56 Å². The zero-order valence-electron chi connectivity index (χ0n) is 9.23. The predicted octanol–water partition coefficient (Wildman–Crippen LogP) is 1.06. The molecule has 0 spiro atoms. The maximum atomic E-state index is 11.3. The van der Waals surface area contributed by atoms with Crippen molar-refractivity contribution in [3.05, 3.63) is 22.6 Å². The van der Waals surface area contributed by atoms with E-state index in [0.717, 1.165) is 0 Å². The average molecular weight is 242 g/mol. The minimum absolute atomic E-state index is 0.193. The largest absolute Gasteiger partial charge is 0.466 e. The third kappa shape index (κ3) is 4.06. The van der Waals surface area contributed by atoms with Gasteiger partial charge in [0.05, 0.1) is 12.5 Å². The molecule has 88 valence electrons. The maximum Gasteiger partial charge on any atom is 0.309 e. The second-order valence-electron chi connectivity index (χ2n) is 3.20. The Kier molecular flexibility index (Phi) is 5.04. The Morgan fingerprint density at radius 2 is 2.44 bits per heavy atom. The zero-order chi connectivity index (χ0) is 12.0. The van der Waals surface area contributed by atoms with Crippen LogP contribution in [0, 0.1) is 5.92 Å². The first-order valence-electron chi connectivity index (χ1n) is 4.98. The van der Waals surface area contributed by atoms with E-state index in [-0.39, 0.29) is 17.4 Å². The summed E-state index contributed by atoms with van der Waals surface area (Å²) in [5.74, 6) is 0.0925. The SMILES string of the molecule is CCOC(=O)C(C)CSc1nccc(=O)[nH]1. The van der Waals surface area contributed by atoms with E-state index in [1.54, 1.807) is 13.8 Å². The standard InChI is InChI=1S/C10H14N2O3S/c1-3-15-9(14)7(2)6-16-10-11-5-4-8(13)12-10/h4-5,7H,3,6H2,1-2H3,(H,11,12,13). The molecule has 0 aliphatic rings. The molecule has 0 aromatic carbocycles. The molecular formula is C10H14N2O3S. The van der Waals surface area contributed by atoms with Gasteiger partial charge in [0.1, 0.15) is 0 Å². The van der Waals surface area contributed by atoms with Crippen molar-refractivity contribution in [1.29, 1.82) is 0 Å². The Hall–Kier alpha value is -1.30. The molecule has 0 saturated carbocycles. The number of rotatable bonds is 5. The summed E-state index contributed by atoms with van der Waals surface area (Å²) in [5.41, 5.74) is -0.193. The fourth-order valence-electron chi connectivity index (χ4n) is 0.982. The van der Waals surface area contributed by atoms with Crippen molar-refractivity contribution in [2.45, 2.75) is 19.0 Å². The van der Waals surface area contributed by atoms with Crippen LogP contribution in [0.1, 0.15) is 13.8 Å². The third-order valence-electron chi connectivity index (χ3n) is 1.81. The van der Waals surface area contributed by atoms with E-state index in [1.807, 2.05) is 0 Å². The number of aromatic nitrogens is 2. The molecule has 1 aromatic rings. The van der Waals surface area contributed by atoms with Crippen molar-refractivity contribution >= 4 is 17.7 Å². The van der Waals surface area contributed by atoms with Crippen molar-refractivity contribution in [3.63, 3.8) is 0 Å². The van der Waals surface area contributed by atoms with Gasteiger partial charge < -0.3 is 9.72 Å². The van der Waals surface area contributed by atoms with E-state index in [4.69, 9.17) is 4.74 Å². The highest BCUT2D eigenvalue weighted by molar-refractivity contribution is 7.99. The van der Waals surface area contributed by atoms with Crippen LogP contribution in [0.25, 0.3) is 0 Å². The van der Waals surface area contributed by atoms with Gasteiger partial charge in [0, 0.05) is 18.0 Å². The minimum Gasteiger partial charge on any atom is -0.466 e. The normalized spacial score (nSPS) is 12.1. The Morgan fingerprint density at radius 3 is 3.06 bits per heavy atom. The number of ether oxygens (including phenoxy) is 1. The second-order valence-corrected chi connectivity index (χ2v) is 4.21. The molecule has 0 radical (unpaired) electrons. The molecule has 1 unspecified atom stereocenters. The third-order valence-corrected chi connectivity index (χ3v) is 2.95. The number of thioether (sulfide) groups is 1. The molecule has 16 heavy (non-hydrogen) atoms. The number of nitrogens with one attached hydrogen (secondary N) is 1. The maximum absolute atomic E-state index is 11.3. The summed E-state index contributed by atoms with van der Waals surface area (Å²) in [6, 6.07) is 1.35. The van der Waals surface area contributed by atoms with Crippen LogP contribution in [0.5, 0.6) is 0 Å². The van der Waals surface area contributed by atoms with E-state index < -0.39 is 0 Å². The van der Waals surface area contributed by atoms with Crippen LogP contribution < -0.4 is 5.56 Å². The first-order valence-corrected chi connectivity index (χ1v) is 5.96. The molecule has 0 bridgehead atoms. The highest BCUT2D eigenvalue weighted by Crippen LogP contribution is 2.15. The van der Waals surface area contributed by atoms with Gasteiger partial charge in [-0.1, -0.05) is 18.7 Å². The van der Waals surface area contributed by atoms with Gasteiger partial charge in [0.15, 0.2) is 5.16 Å². The number of esters is 1. The van der Waals surface area contributed by atoms with E-state index >= 15 is 0 Å². The molecule has 1 N–H and O–H groups in total. The number of carbonyl (C=O) groups excluding carboxylic acids is 1. The Balaban J connectivity index is 2.45. The van der Waals surface area contributed by atoms with Gasteiger partial charge in [0.2, 0.25) is 0 Å². The topological polar surface area (TPSA) is 72.0 Å². The van der Waals surface area contributed by atoms with Crippen molar-refractivity contribution in [2.75, 3.05) is 12.4 Å². The quantitative estimate of drug-likeness (QED) is 0.475. The van der Waals surface area contributed by atoms with Gasteiger partial charge >= 0.3 is 5.97 Å². The first-order chi connectivity index (χ1) is 7.63. The molecular weight excluding hydrogens is 228 g/mol. The van der Waals surface area contributed by atoms with Gasteiger partial charge in [-0.3, -0.25) is 9.59 Å². The number of nitrogens with zero attached hydrogens (tertiary/aromatic N) is 1. The number of hydrogen-bond donors (Lipinski definition) is 1. The molecule has 0 amide bonds. The highest BCUT2D eigenvalue weighted by atomic mass is 32.2. The smallest absolute Gasteiger partial charge is 0.309 e. The van der Waals surface area contributed by atoms with E-state index in [9.17, 15) is 9.59 Å². The van der Waals surface area contributed by atoms with Crippen molar-refractivity contribution < 1.29 is 9.53 Å². The van der Waals surface area contributed by atoms with Crippen LogP contribution in [0.2, 0.25) is 0 Å². The van der Waals surface area contributed by atoms with Crippen LogP contribution in [0.15, 0.2) is 22.2 Å². The summed E-state index contributed by atoms with van der Waals surface area (Å²) < 4.78 is 4.87. The van der Waals surface area contributed by atoms with Gasteiger partial charge in [-0.15, -0.1) is 0 Å². The lowest BCUT2D eigenvalue weighted by atomic mass is 10.2. The van der Waals surface area contributed by atoms with Crippen LogP contribution in [-0.4, -0.2) is 28.3 Å². The van der Waals surface area contributed by atoms with Crippen LogP contribution in [-0.2, 0) is 9.53 Å². The number of aromatic amines is 1. The lowest BCUT2D eigenvalue weighted by Crippen LogP contribution is -2.17. The number of carbonyl (C=O) groups is 1. The summed E-state index contributed by atoms with van der Waals surface area (Å²) in [5, 5.41) is 0.517. The molecule has 0 aliphatic heterocycles. The fraction of sp³-hybridized carbons (Fsp3) is 0.500. The van der Waals surface area contributed by atoms with E-state index in [1.165, 1.54) is 24.0 Å². The summed E-state index contributed by atoms with van der Waals surface area (Å²) in [6.07, 6.45) is 1.44. The molecule has 6 heteroatoms. The summed E-state index contributed by atoms with van der Waals surface area (Å²) in [4.78, 5) is 28.8. The first kappa shape index (κ1) is 12.8. The highest BCUT2D eigenvalue weighted by Gasteiger charge is 2.14. The van der Waals surface area contributed by atoms with Crippen molar-refractivity contribution in [2.24, 2.45) is 5.92 Å². The van der Waals surface area contributed by atoms with E-state index in [2.05, 4.69) is 9.97 Å². The molecule has 1 rings (SSSR count).